The lowest BCUT2D eigenvalue weighted by Crippen LogP contribution is -2.69. The Morgan fingerprint density at radius 3 is 2.67 bits per heavy atom. The monoisotopic (exact) mass is 166 g/mol. The molecule has 0 aromatic rings. The zero-order valence-corrected chi connectivity index (χ0v) is 6.61. The molecule has 0 saturated carbocycles. The number of hydrogen-bond donors (Lipinski definition) is 0. The van der Waals surface area contributed by atoms with Gasteiger partial charge in [-0.2, -0.15) is 0 Å². The number of amides is 1. The third-order valence-electron chi connectivity index (χ3n) is 2.18. The fraction of sp³-hybridized carbons (Fsp3) is 0.667. The van der Waals surface area contributed by atoms with Crippen LogP contribution >= 0.6 is 0 Å². The number of carbonyl (C=O) groups excluding carboxylic acids is 1. The Balaban J connectivity index is 2.36. The summed E-state index contributed by atoms with van der Waals surface area (Å²) in [6, 6.07) is 0. The molecule has 0 aliphatic carbocycles. The first-order valence-corrected chi connectivity index (χ1v) is 3.59. The van der Waals surface area contributed by atoms with Gasteiger partial charge in [0.15, 0.2) is 0 Å². The smallest absolute Gasteiger partial charge is 0.383 e. The van der Waals surface area contributed by atoms with Crippen LogP contribution < -0.4 is 0 Å². The molecule has 2 bridgehead atoms. The predicted octanol–water partition coefficient (Wildman–Crippen LogP) is -0.852. The highest BCUT2D eigenvalue weighted by molar-refractivity contribution is 6.47. The summed E-state index contributed by atoms with van der Waals surface area (Å²) < 4.78 is 10.2. The van der Waals surface area contributed by atoms with E-state index < -0.39 is 12.8 Å². The summed E-state index contributed by atoms with van der Waals surface area (Å²) in [4.78, 5) is 16.1. The number of nitrogens with zero attached hydrogens (tertiary/aromatic N) is 2. The maximum Gasteiger partial charge on any atom is 0.596 e. The van der Waals surface area contributed by atoms with Gasteiger partial charge in [-0.3, -0.25) is 9.64 Å². The minimum absolute atomic E-state index is 0.157. The molecule has 3 saturated heterocycles. The topological polar surface area (TPSA) is 43.1 Å². The first kappa shape index (κ1) is 7.59. The second kappa shape index (κ2) is 2.22. The van der Waals surface area contributed by atoms with Crippen LogP contribution in [0.1, 0.15) is 0 Å². The molecule has 3 heterocycles. The fourth-order valence-electron chi connectivity index (χ4n) is 1.39. The molecule has 3 fully saturated rings. The molecule has 3 aliphatic heterocycles. The standard InChI is InChI=1S/C6H7BN2O3/c1-8-6-3-11-7(12-4-6)9(2)5(6)10/h3-4H2,2H3. The van der Waals surface area contributed by atoms with Gasteiger partial charge >= 0.3 is 18.7 Å². The molecular formula is C6H7BN2O3. The van der Waals surface area contributed by atoms with Gasteiger partial charge in [0.1, 0.15) is 13.2 Å². The lowest BCUT2D eigenvalue weighted by Gasteiger charge is -2.39. The first-order valence-electron chi connectivity index (χ1n) is 3.59. The van der Waals surface area contributed by atoms with Crippen LogP contribution in [0.25, 0.3) is 4.85 Å². The van der Waals surface area contributed by atoms with E-state index in [4.69, 9.17) is 15.9 Å². The van der Waals surface area contributed by atoms with Crippen molar-refractivity contribution in [1.29, 1.82) is 0 Å². The van der Waals surface area contributed by atoms with E-state index in [1.807, 2.05) is 0 Å². The van der Waals surface area contributed by atoms with Gasteiger partial charge in [-0.25, -0.2) is 6.57 Å². The van der Waals surface area contributed by atoms with E-state index in [-0.39, 0.29) is 19.1 Å². The third kappa shape index (κ3) is 0.723. The SMILES string of the molecule is [C-]#[N+]C12COB(OC1)N(C)C2=O. The lowest BCUT2D eigenvalue weighted by atomic mass is 9.86. The summed E-state index contributed by atoms with van der Waals surface area (Å²) in [5.41, 5.74) is -1.11. The lowest BCUT2D eigenvalue weighted by molar-refractivity contribution is -0.143. The van der Waals surface area contributed by atoms with Crippen LogP contribution in [-0.4, -0.2) is 43.8 Å². The molecule has 12 heavy (non-hydrogen) atoms. The van der Waals surface area contributed by atoms with Gasteiger partial charge in [0.2, 0.25) is 0 Å². The minimum atomic E-state index is -1.11. The molecule has 0 spiro atoms. The number of likely N-dealkylation sites (N-methyl/N-ethyl adjacent to an activating group) is 1. The van der Waals surface area contributed by atoms with Crippen molar-refractivity contribution in [3.05, 3.63) is 11.4 Å². The van der Waals surface area contributed by atoms with Crippen molar-refractivity contribution >= 4 is 13.2 Å². The first-order chi connectivity index (χ1) is 5.69. The summed E-state index contributed by atoms with van der Waals surface area (Å²) in [6.07, 6.45) is 0. The van der Waals surface area contributed by atoms with Crippen molar-refractivity contribution in [3.63, 3.8) is 0 Å². The largest absolute Gasteiger partial charge is 0.596 e. The van der Waals surface area contributed by atoms with Crippen molar-refractivity contribution < 1.29 is 14.1 Å². The van der Waals surface area contributed by atoms with Crippen LogP contribution in [-0.2, 0) is 14.1 Å². The van der Waals surface area contributed by atoms with Gasteiger partial charge < -0.3 is 14.1 Å². The van der Waals surface area contributed by atoms with Crippen molar-refractivity contribution in [2.24, 2.45) is 0 Å². The minimum Gasteiger partial charge on any atom is -0.383 e. The second-order valence-electron chi connectivity index (χ2n) is 2.99. The Hall–Kier alpha value is -1.06. The molecule has 0 unspecified atom stereocenters. The number of fused-ring (bicyclic) bond motifs is 3. The van der Waals surface area contributed by atoms with Crippen LogP contribution in [0.5, 0.6) is 0 Å². The second-order valence-corrected chi connectivity index (χ2v) is 2.99. The Bertz CT molecular complexity index is 266. The molecule has 6 heteroatoms. The average molecular weight is 166 g/mol. The number of carbonyl (C=O) groups is 1. The van der Waals surface area contributed by atoms with E-state index in [0.717, 1.165) is 0 Å². The Morgan fingerprint density at radius 1 is 1.67 bits per heavy atom. The van der Waals surface area contributed by atoms with Crippen LogP contribution in [0.4, 0.5) is 0 Å². The third-order valence-corrected chi connectivity index (χ3v) is 2.18. The molecule has 1 amide bonds. The summed E-state index contributed by atoms with van der Waals surface area (Å²) in [5.74, 6) is -0.194. The zero-order chi connectivity index (χ0) is 8.77. The Labute approximate surface area is 70.2 Å². The summed E-state index contributed by atoms with van der Waals surface area (Å²) in [5, 5.41) is 0. The van der Waals surface area contributed by atoms with Gasteiger partial charge in [0, 0.05) is 7.05 Å². The van der Waals surface area contributed by atoms with Gasteiger partial charge in [0.25, 0.3) is 0 Å². The fourth-order valence-corrected chi connectivity index (χ4v) is 1.39. The van der Waals surface area contributed by atoms with E-state index >= 15 is 0 Å². The molecular weight excluding hydrogens is 159 g/mol. The molecule has 0 radical (unpaired) electrons. The molecule has 0 aromatic heterocycles. The highest BCUT2D eigenvalue weighted by Crippen LogP contribution is 2.28. The molecule has 0 N–H and O–H groups in total. The molecule has 0 aromatic carbocycles. The van der Waals surface area contributed by atoms with E-state index in [1.54, 1.807) is 7.05 Å². The normalized spacial score (nSPS) is 25.8. The Kier molecular flexibility index (Phi) is 1.40. The number of rotatable bonds is 0. The maximum atomic E-state index is 11.5. The van der Waals surface area contributed by atoms with Crippen LogP contribution in [0, 0.1) is 6.57 Å². The summed E-state index contributed by atoms with van der Waals surface area (Å²) in [6.45, 7) is 7.22. The van der Waals surface area contributed by atoms with E-state index in [1.165, 1.54) is 4.81 Å². The average Bonchev–Trinajstić information content (AvgIpc) is 2.14. The summed E-state index contributed by atoms with van der Waals surface area (Å²) >= 11 is 0. The van der Waals surface area contributed by atoms with Gasteiger partial charge in [-0.1, -0.05) is 0 Å². The highest BCUT2D eigenvalue weighted by Gasteiger charge is 2.61. The van der Waals surface area contributed by atoms with Crippen molar-refractivity contribution in [2.75, 3.05) is 20.3 Å². The van der Waals surface area contributed by atoms with Gasteiger partial charge in [-0.05, 0) is 0 Å². The quantitative estimate of drug-likeness (QED) is 0.347. The maximum absolute atomic E-state index is 11.5. The van der Waals surface area contributed by atoms with Crippen molar-refractivity contribution in [2.45, 2.75) is 5.54 Å². The van der Waals surface area contributed by atoms with E-state index in [2.05, 4.69) is 4.85 Å². The van der Waals surface area contributed by atoms with E-state index in [0.29, 0.717) is 0 Å². The van der Waals surface area contributed by atoms with E-state index in [9.17, 15) is 4.79 Å². The number of hydrogen-bond acceptors (Lipinski definition) is 3. The molecule has 62 valence electrons. The van der Waals surface area contributed by atoms with Crippen LogP contribution in [0.3, 0.4) is 0 Å². The Morgan fingerprint density at radius 2 is 2.25 bits per heavy atom. The van der Waals surface area contributed by atoms with Crippen LogP contribution in [0.2, 0.25) is 0 Å². The van der Waals surface area contributed by atoms with Gasteiger partial charge in [0.05, 0.1) is 0 Å². The molecule has 0 atom stereocenters. The zero-order valence-electron chi connectivity index (χ0n) is 6.61. The molecule has 3 rings (SSSR count). The molecule has 3 aliphatic rings. The van der Waals surface area contributed by atoms with Crippen molar-refractivity contribution in [3.8, 4) is 0 Å². The highest BCUT2D eigenvalue weighted by atomic mass is 16.6. The summed E-state index contributed by atoms with van der Waals surface area (Å²) in [7, 11) is 0.992. The molecule has 5 nitrogen and oxygen atoms in total. The predicted molar refractivity (Wildman–Crippen MR) is 39.8 cm³/mol. The van der Waals surface area contributed by atoms with Crippen molar-refractivity contribution in [1.82, 2.24) is 4.81 Å². The van der Waals surface area contributed by atoms with Gasteiger partial charge in [-0.15, -0.1) is 0 Å². The van der Waals surface area contributed by atoms with Crippen LogP contribution in [0.15, 0.2) is 0 Å².